The van der Waals surface area contributed by atoms with Crippen LogP contribution in [0, 0.1) is 0 Å². The summed E-state index contributed by atoms with van der Waals surface area (Å²) < 4.78 is 9.70. The SMILES string of the molecule is COc1cc(-c2nn(C3CCC(N4CCN(C)CC4)CC3)c3ncnc(N)c23)ccc1NC(=O)c1cc2ccccc2n1C.O=C(O)/C=C\C(=O)O.O=C(O)/C=C\C(=O)O.O=C(O)/C=C\C(=O)O. The normalized spacial score (nSPS) is 16.2. The summed E-state index contributed by atoms with van der Waals surface area (Å²) in [6.45, 7) is 4.56. The molecular formula is C45H51N9O14. The fourth-order valence-electron chi connectivity index (χ4n) is 7.37. The number of hydrogen-bond donors (Lipinski definition) is 8. The van der Waals surface area contributed by atoms with E-state index in [0.29, 0.717) is 71.1 Å². The molecule has 0 bridgehead atoms. The number of carboxylic acids is 6. The van der Waals surface area contributed by atoms with E-state index in [0.717, 1.165) is 79.4 Å². The molecular weight excluding hydrogens is 891 g/mol. The number of carbonyl (C=O) groups is 7. The van der Waals surface area contributed by atoms with E-state index < -0.39 is 35.8 Å². The number of nitrogen functional groups attached to an aromatic ring is 1. The number of likely N-dealkylation sites (N-methyl/N-ethyl adjacent to an activating group) is 1. The first-order chi connectivity index (χ1) is 32.3. The third-order valence-electron chi connectivity index (χ3n) is 10.6. The van der Waals surface area contributed by atoms with Crippen molar-refractivity contribution >= 4 is 75.2 Å². The van der Waals surface area contributed by atoms with Crippen molar-refractivity contribution in [3.05, 3.63) is 97.0 Å². The van der Waals surface area contributed by atoms with Gasteiger partial charge in [-0.1, -0.05) is 24.3 Å². The van der Waals surface area contributed by atoms with Crippen LogP contribution in [-0.4, -0.2) is 153 Å². The van der Waals surface area contributed by atoms with Gasteiger partial charge < -0.3 is 55.9 Å². The molecule has 1 saturated heterocycles. The van der Waals surface area contributed by atoms with Gasteiger partial charge in [-0.15, -0.1) is 0 Å². The number of nitrogens with one attached hydrogen (secondary N) is 1. The van der Waals surface area contributed by atoms with Crippen LogP contribution in [0.3, 0.4) is 0 Å². The van der Waals surface area contributed by atoms with Gasteiger partial charge in [0.1, 0.15) is 29.3 Å². The van der Waals surface area contributed by atoms with Gasteiger partial charge in [0.25, 0.3) is 5.91 Å². The number of aromatic nitrogens is 5. The van der Waals surface area contributed by atoms with Crippen molar-refractivity contribution in [1.82, 2.24) is 34.1 Å². The molecule has 23 heteroatoms. The second kappa shape index (κ2) is 24.7. The highest BCUT2D eigenvalue weighted by atomic mass is 16.5. The van der Waals surface area contributed by atoms with Crippen molar-refractivity contribution in [2.24, 2.45) is 7.05 Å². The highest BCUT2D eigenvalue weighted by molar-refractivity contribution is 6.07. The minimum Gasteiger partial charge on any atom is -0.495 e. The average Bonchev–Trinajstić information content (AvgIpc) is 3.87. The van der Waals surface area contributed by atoms with E-state index in [2.05, 4.69) is 36.8 Å². The van der Waals surface area contributed by atoms with E-state index in [1.165, 1.54) is 6.33 Å². The molecule has 23 nitrogen and oxygen atoms in total. The molecule has 9 N–H and O–H groups in total. The van der Waals surface area contributed by atoms with Crippen molar-refractivity contribution in [3.8, 4) is 17.0 Å². The van der Waals surface area contributed by atoms with E-state index in [9.17, 15) is 33.6 Å². The van der Waals surface area contributed by atoms with Gasteiger partial charge >= 0.3 is 35.8 Å². The Morgan fingerprint density at radius 1 is 0.691 bits per heavy atom. The number of anilines is 2. The molecule has 1 aliphatic heterocycles. The molecule has 0 spiro atoms. The topological polar surface area (TPSA) is 343 Å². The number of para-hydroxylation sites is 1. The molecule has 68 heavy (non-hydrogen) atoms. The van der Waals surface area contributed by atoms with Crippen molar-refractivity contribution in [1.29, 1.82) is 0 Å². The highest BCUT2D eigenvalue weighted by Gasteiger charge is 2.31. The molecule has 7 rings (SSSR count). The summed E-state index contributed by atoms with van der Waals surface area (Å²) in [7, 11) is 5.69. The van der Waals surface area contributed by atoms with Gasteiger partial charge in [-0.05, 0) is 57.0 Å². The number of nitrogens with zero attached hydrogens (tertiary/aromatic N) is 7. The lowest BCUT2D eigenvalue weighted by Crippen LogP contribution is -2.49. The number of nitrogens with two attached hydrogens (primary N) is 1. The summed E-state index contributed by atoms with van der Waals surface area (Å²) in [5.74, 6) is -6.83. The third-order valence-corrected chi connectivity index (χ3v) is 10.6. The predicted octanol–water partition coefficient (Wildman–Crippen LogP) is 3.69. The number of amides is 1. The van der Waals surface area contributed by atoms with Crippen LogP contribution < -0.4 is 15.8 Å². The van der Waals surface area contributed by atoms with Crippen LogP contribution in [0.1, 0.15) is 42.2 Å². The monoisotopic (exact) mass is 941 g/mol. The Bertz CT molecular complexity index is 2600. The number of rotatable bonds is 12. The number of carboxylic acid groups (broad SMARTS) is 6. The van der Waals surface area contributed by atoms with Gasteiger partial charge in [-0.2, -0.15) is 5.10 Å². The van der Waals surface area contributed by atoms with Gasteiger partial charge in [0.05, 0.1) is 24.2 Å². The van der Waals surface area contributed by atoms with Crippen molar-refractivity contribution in [3.63, 3.8) is 0 Å². The van der Waals surface area contributed by atoms with E-state index in [-0.39, 0.29) is 11.9 Å². The first-order valence-electron chi connectivity index (χ1n) is 20.7. The summed E-state index contributed by atoms with van der Waals surface area (Å²) in [6.07, 6.45) is 9.23. The first-order valence-corrected chi connectivity index (χ1v) is 20.7. The summed E-state index contributed by atoms with van der Waals surface area (Å²) in [4.78, 5) is 84.7. The molecule has 1 saturated carbocycles. The number of hydrogen-bond acceptors (Lipinski definition) is 14. The summed E-state index contributed by atoms with van der Waals surface area (Å²) in [5, 5.41) is 56.8. The molecule has 1 amide bonds. The Morgan fingerprint density at radius 3 is 1.71 bits per heavy atom. The minimum atomic E-state index is -1.26. The highest BCUT2D eigenvalue weighted by Crippen LogP contribution is 2.39. The average molecular weight is 942 g/mol. The lowest BCUT2D eigenvalue weighted by atomic mass is 9.90. The maximum Gasteiger partial charge on any atom is 0.328 e. The predicted molar refractivity (Wildman–Crippen MR) is 246 cm³/mol. The Balaban J connectivity index is 0.000000346. The number of benzene rings is 2. The van der Waals surface area contributed by atoms with Crippen LogP contribution in [0.5, 0.6) is 5.75 Å². The zero-order valence-corrected chi connectivity index (χ0v) is 37.1. The Morgan fingerprint density at radius 2 is 1.21 bits per heavy atom. The number of ether oxygens (including phenoxy) is 1. The Labute approximate surface area is 387 Å². The second-order valence-corrected chi connectivity index (χ2v) is 15.1. The minimum absolute atomic E-state index is 0.214. The first kappa shape index (κ1) is 52.2. The Kier molecular flexibility index (Phi) is 19.0. The standard InChI is InChI=1S/C33H39N9O2.3C4H4O4/c1-39-14-16-41(17-15-39)23-9-11-24(12-10-23)42-32-29(31(34)35-20-36-32)30(38-42)22-8-13-25(28(19-22)44-3)37-33(43)27-18-21-6-4-5-7-26(21)40(27)2;3*5-3(6)1-2-4(7)8/h4-8,13,18-20,23-24H,9-12,14-17H2,1-3H3,(H,37,43)(H2,34,35,36);3*1-2H,(H,5,6)(H,7,8)/b;3*2-1-. The van der Waals surface area contributed by atoms with Crippen molar-refractivity contribution in [2.75, 3.05) is 51.4 Å². The van der Waals surface area contributed by atoms with Crippen LogP contribution in [0.15, 0.2) is 91.3 Å². The third kappa shape index (κ3) is 15.1. The van der Waals surface area contributed by atoms with Gasteiger partial charge in [0, 0.05) is 92.2 Å². The van der Waals surface area contributed by atoms with Crippen molar-refractivity contribution in [2.45, 2.75) is 37.8 Å². The number of piperazine rings is 1. The molecule has 4 heterocycles. The van der Waals surface area contributed by atoms with E-state index in [4.69, 9.17) is 46.2 Å². The molecule has 2 aromatic carbocycles. The molecule has 2 fully saturated rings. The Hall–Kier alpha value is -8.44. The van der Waals surface area contributed by atoms with Gasteiger partial charge in [0.2, 0.25) is 0 Å². The fraction of sp³-hybridized carbons (Fsp3) is 0.289. The number of methoxy groups -OCH3 is 1. The van der Waals surface area contributed by atoms with Crippen LogP contribution in [-0.2, 0) is 35.8 Å². The molecule has 5 aromatic rings. The van der Waals surface area contributed by atoms with Crippen LogP contribution in [0.2, 0.25) is 0 Å². The number of fused-ring (bicyclic) bond motifs is 2. The summed E-state index contributed by atoms with van der Waals surface area (Å²) in [5.41, 5.74) is 10.9. The van der Waals surface area contributed by atoms with Crippen molar-refractivity contribution < 1.29 is 68.9 Å². The molecule has 0 radical (unpaired) electrons. The lowest BCUT2D eigenvalue weighted by Gasteiger charge is -2.41. The van der Waals surface area contributed by atoms with Crippen LogP contribution >= 0.6 is 0 Å². The van der Waals surface area contributed by atoms with E-state index in [1.807, 2.05) is 60.1 Å². The van der Waals surface area contributed by atoms with E-state index in [1.54, 1.807) is 7.11 Å². The number of carbonyl (C=O) groups excluding carboxylic acids is 1. The van der Waals surface area contributed by atoms with Gasteiger partial charge in [-0.3, -0.25) is 9.69 Å². The largest absolute Gasteiger partial charge is 0.495 e. The van der Waals surface area contributed by atoms with Gasteiger partial charge in [0.15, 0.2) is 5.65 Å². The van der Waals surface area contributed by atoms with E-state index >= 15 is 0 Å². The lowest BCUT2D eigenvalue weighted by molar-refractivity contribution is -0.134. The molecule has 3 aromatic heterocycles. The quantitative estimate of drug-likeness (QED) is 0.0827. The molecule has 360 valence electrons. The smallest absolute Gasteiger partial charge is 0.328 e. The number of aryl methyl sites for hydroxylation is 1. The maximum atomic E-state index is 13.3. The summed E-state index contributed by atoms with van der Waals surface area (Å²) >= 11 is 0. The van der Waals surface area contributed by atoms with Crippen LogP contribution in [0.4, 0.5) is 11.5 Å². The zero-order valence-electron chi connectivity index (χ0n) is 37.1. The second-order valence-electron chi connectivity index (χ2n) is 15.1. The maximum absolute atomic E-state index is 13.3. The number of aliphatic carboxylic acids is 6. The molecule has 0 unspecified atom stereocenters. The molecule has 0 atom stereocenters. The molecule has 1 aliphatic carbocycles. The zero-order chi connectivity index (χ0) is 50.1. The van der Waals surface area contributed by atoms with Crippen LogP contribution in [0.25, 0.3) is 33.2 Å². The fourth-order valence-corrected chi connectivity index (χ4v) is 7.37. The molecule has 2 aliphatic rings. The summed E-state index contributed by atoms with van der Waals surface area (Å²) in [6, 6.07) is 16.4. The van der Waals surface area contributed by atoms with Gasteiger partial charge in [-0.25, -0.2) is 43.4 Å².